The standard InChI is InChI=1S/C15H13Br2NO2/c1-8-11(16)14(19)12(17)9(2)13(8)18-15(20)10-6-4-3-5-7-10/h3-7,19H,1-2H3,(H,18,20). The van der Waals surface area contributed by atoms with Gasteiger partial charge in [0.25, 0.3) is 5.91 Å². The topological polar surface area (TPSA) is 49.3 Å². The van der Waals surface area contributed by atoms with E-state index in [1.165, 1.54) is 0 Å². The van der Waals surface area contributed by atoms with Gasteiger partial charge in [-0.05, 0) is 69.0 Å². The summed E-state index contributed by atoms with van der Waals surface area (Å²) in [6.07, 6.45) is 0. The van der Waals surface area contributed by atoms with Gasteiger partial charge in [0.05, 0.1) is 8.95 Å². The predicted molar refractivity (Wildman–Crippen MR) is 87.4 cm³/mol. The Hall–Kier alpha value is -1.33. The molecule has 0 aliphatic carbocycles. The van der Waals surface area contributed by atoms with Crippen LogP contribution in [0.2, 0.25) is 0 Å². The van der Waals surface area contributed by atoms with Gasteiger partial charge in [-0.15, -0.1) is 0 Å². The second kappa shape index (κ2) is 5.97. The van der Waals surface area contributed by atoms with E-state index in [0.29, 0.717) is 20.2 Å². The number of amides is 1. The Morgan fingerprint density at radius 3 is 2.05 bits per heavy atom. The van der Waals surface area contributed by atoms with E-state index in [4.69, 9.17) is 0 Å². The highest BCUT2D eigenvalue weighted by Crippen LogP contribution is 2.42. The Labute approximate surface area is 134 Å². The summed E-state index contributed by atoms with van der Waals surface area (Å²) in [6.45, 7) is 3.67. The summed E-state index contributed by atoms with van der Waals surface area (Å²) in [5.41, 5.74) is 2.85. The third-order valence-corrected chi connectivity index (χ3v) is 5.04. The van der Waals surface area contributed by atoms with E-state index in [1.807, 2.05) is 32.0 Å². The lowest BCUT2D eigenvalue weighted by atomic mass is 10.1. The number of halogens is 2. The van der Waals surface area contributed by atoms with Crippen molar-refractivity contribution >= 4 is 43.5 Å². The van der Waals surface area contributed by atoms with Gasteiger partial charge in [-0.2, -0.15) is 0 Å². The summed E-state index contributed by atoms with van der Waals surface area (Å²) in [5.74, 6) is -0.0426. The molecule has 0 fully saturated rings. The molecule has 2 aromatic carbocycles. The lowest BCUT2D eigenvalue weighted by Gasteiger charge is -2.16. The minimum atomic E-state index is -0.179. The van der Waals surface area contributed by atoms with Crippen LogP contribution in [0, 0.1) is 13.8 Å². The number of hydrogen-bond donors (Lipinski definition) is 2. The molecule has 2 aromatic rings. The zero-order valence-electron chi connectivity index (χ0n) is 11.0. The second-order valence-electron chi connectivity index (χ2n) is 4.42. The van der Waals surface area contributed by atoms with Crippen LogP contribution in [0.4, 0.5) is 5.69 Å². The summed E-state index contributed by atoms with van der Waals surface area (Å²) in [7, 11) is 0. The number of rotatable bonds is 2. The highest BCUT2D eigenvalue weighted by Gasteiger charge is 2.18. The maximum absolute atomic E-state index is 12.2. The average molecular weight is 399 g/mol. The largest absolute Gasteiger partial charge is 0.506 e. The van der Waals surface area contributed by atoms with E-state index in [9.17, 15) is 9.90 Å². The first-order valence-corrected chi connectivity index (χ1v) is 7.55. The number of anilines is 1. The van der Waals surface area contributed by atoms with Crippen molar-refractivity contribution in [2.45, 2.75) is 13.8 Å². The van der Waals surface area contributed by atoms with Gasteiger partial charge in [-0.1, -0.05) is 18.2 Å². The minimum Gasteiger partial charge on any atom is -0.506 e. The fraction of sp³-hybridized carbons (Fsp3) is 0.133. The second-order valence-corrected chi connectivity index (χ2v) is 6.01. The van der Waals surface area contributed by atoms with Crippen LogP contribution in [0.25, 0.3) is 0 Å². The van der Waals surface area contributed by atoms with Crippen LogP contribution in [-0.2, 0) is 0 Å². The van der Waals surface area contributed by atoms with E-state index < -0.39 is 0 Å². The normalized spacial score (nSPS) is 10.4. The van der Waals surface area contributed by atoms with Crippen molar-refractivity contribution in [2.24, 2.45) is 0 Å². The van der Waals surface area contributed by atoms with Crippen molar-refractivity contribution in [1.82, 2.24) is 0 Å². The molecular weight excluding hydrogens is 386 g/mol. The SMILES string of the molecule is Cc1c(Br)c(O)c(Br)c(C)c1NC(=O)c1ccccc1. The van der Waals surface area contributed by atoms with Gasteiger partial charge in [0, 0.05) is 11.3 Å². The van der Waals surface area contributed by atoms with Crippen LogP contribution in [0.15, 0.2) is 39.3 Å². The number of benzene rings is 2. The molecule has 0 saturated carbocycles. The lowest BCUT2D eigenvalue weighted by molar-refractivity contribution is 0.102. The quantitative estimate of drug-likeness (QED) is 0.714. The van der Waals surface area contributed by atoms with Crippen molar-refractivity contribution < 1.29 is 9.90 Å². The first kappa shape index (κ1) is 15.1. The Kier molecular flexibility index (Phi) is 4.50. The molecule has 0 spiro atoms. The molecule has 0 saturated heterocycles. The Bertz CT molecular complexity index is 640. The molecule has 5 heteroatoms. The van der Waals surface area contributed by atoms with Crippen molar-refractivity contribution in [3.8, 4) is 5.75 Å². The van der Waals surface area contributed by atoms with E-state index in [1.54, 1.807) is 12.1 Å². The van der Waals surface area contributed by atoms with Gasteiger partial charge in [0.1, 0.15) is 5.75 Å². The van der Waals surface area contributed by atoms with Gasteiger partial charge in [-0.3, -0.25) is 4.79 Å². The molecule has 0 aromatic heterocycles. The molecule has 104 valence electrons. The number of carbonyl (C=O) groups is 1. The molecule has 0 aliphatic heterocycles. The molecule has 1 amide bonds. The summed E-state index contributed by atoms with van der Waals surface area (Å²) < 4.78 is 1.14. The number of phenolic OH excluding ortho intramolecular Hbond substituents is 1. The minimum absolute atomic E-state index is 0.137. The van der Waals surface area contributed by atoms with Crippen LogP contribution < -0.4 is 5.32 Å². The van der Waals surface area contributed by atoms with Crippen LogP contribution in [0.3, 0.4) is 0 Å². The molecule has 2 rings (SSSR count). The monoisotopic (exact) mass is 397 g/mol. The first-order chi connectivity index (χ1) is 9.43. The fourth-order valence-electron chi connectivity index (χ4n) is 1.92. The molecule has 0 atom stereocenters. The van der Waals surface area contributed by atoms with Crippen LogP contribution in [0.5, 0.6) is 5.75 Å². The van der Waals surface area contributed by atoms with Gasteiger partial charge in [0.2, 0.25) is 0 Å². The number of carbonyl (C=O) groups excluding carboxylic acids is 1. The molecule has 0 bridgehead atoms. The van der Waals surface area contributed by atoms with E-state index in [2.05, 4.69) is 37.2 Å². The van der Waals surface area contributed by atoms with Crippen molar-refractivity contribution in [3.05, 3.63) is 56.0 Å². The lowest BCUT2D eigenvalue weighted by Crippen LogP contribution is -2.14. The maximum Gasteiger partial charge on any atom is 0.255 e. The molecule has 2 N–H and O–H groups in total. The fourth-order valence-corrected chi connectivity index (χ4v) is 2.97. The molecule has 3 nitrogen and oxygen atoms in total. The zero-order valence-corrected chi connectivity index (χ0v) is 14.2. The number of aromatic hydroxyl groups is 1. The highest BCUT2D eigenvalue weighted by molar-refractivity contribution is 9.11. The van der Waals surface area contributed by atoms with E-state index in [-0.39, 0.29) is 11.7 Å². The van der Waals surface area contributed by atoms with Crippen LogP contribution >= 0.6 is 31.9 Å². The molecular formula is C15H13Br2NO2. The summed E-state index contributed by atoms with van der Waals surface area (Å²) >= 11 is 6.66. The van der Waals surface area contributed by atoms with Gasteiger partial charge in [-0.25, -0.2) is 0 Å². The van der Waals surface area contributed by atoms with Gasteiger partial charge >= 0.3 is 0 Å². The Morgan fingerprint density at radius 1 is 1.05 bits per heavy atom. The Morgan fingerprint density at radius 2 is 1.55 bits per heavy atom. The highest BCUT2D eigenvalue weighted by atomic mass is 79.9. The van der Waals surface area contributed by atoms with Crippen LogP contribution in [0.1, 0.15) is 21.5 Å². The molecule has 0 unspecified atom stereocenters. The molecule has 0 heterocycles. The summed E-state index contributed by atoms with van der Waals surface area (Å²) in [5, 5.41) is 12.8. The van der Waals surface area contributed by atoms with Gasteiger partial charge < -0.3 is 10.4 Å². The maximum atomic E-state index is 12.2. The third kappa shape index (κ3) is 2.74. The number of hydrogen-bond acceptors (Lipinski definition) is 2. The van der Waals surface area contributed by atoms with Crippen LogP contribution in [-0.4, -0.2) is 11.0 Å². The summed E-state index contributed by atoms with van der Waals surface area (Å²) in [4.78, 5) is 12.2. The molecule has 0 radical (unpaired) electrons. The van der Waals surface area contributed by atoms with Crippen molar-refractivity contribution in [3.63, 3.8) is 0 Å². The number of nitrogens with one attached hydrogen (secondary N) is 1. The summed E-state index contributed by atoms with van der Waals surface area (Å²) in [6, 6.07) is 9.00. The Balaban J connectivity index is 2.43. The van der Waals surface area contributed by atoms with Crippen molar-refractivity contribution in [2.75, 3.05) is 5.32 Å². The average Bonchev–Trinajstić information content (AvgIpc) is 2.48. The predicted octanol–water partition coefficient (Wildman–Crippen LogP) is 4.79. The molecule has 0 aliphatic rings. The molecule has 20 heavy (non-hydrogen) atoms. The van der Waals surface area contributed by atoms with E-state index in [0.717, 1.165) is 11.1 Å². The zero-order chi connectivity index (χ0) is 14.9. The van der Waals surface area contributed by atoms with E-state index >= 15 is 0 Å². The van der Waals surface area contributed by atoms with Crippen molar-refractivity contribution in [1.29, 1.82) is 0 Å². The smallest absolute Gasteiger partial charge is 0.255 e. The first-order valence-electron chi connectivity index (χ1n) is 5.97. The third-order valence-electron chi connectivity index (χ3n) is 3.10. The number of phenols is 1. The van der Waals surface area contributed by atoms with Gasteiger partial charge in [0.15, 0.2) is 0 Å².